The zero-order chi connectivity index (χ0) is 12.1. The van der Waals surface area contributed by atoms with E-state index in [2.05, 4.69) is 15.6 Å². The highest BCUT2D eigenvalue weighted by atomic mass is 16.2. The van der Waals surface area contributed by atoms with E-state index < -0.39 is 0 Å². The lowest BCUT2D eigenvalue weighted by Gasteiger charge is -2.14. The minimum atomic E-state index is -0.286. The molecule has 0 aromatic rings. The van der Waals surface area contributed by atoms with Crippen molar-refractivity contribution in [1.29, 1.82) is 0 Å². The molecule has 5 nitrogen and oxygen atoms in total. The van der Waals surface area contributed by atoms with Gasteiger partial charge >= 0.3 is 6.03 Å². The third kappa shape index (κ3) is 3.49. The number of allylic oxidation sites excluding steroid dienone is 2. The van der Waals surface area contributed by atoms with Gasteiger partial charge < -0.3 is 5.32 Å². The first-order valence-corrected chi connectivity index (χ1v) is 5.31. The Balaban J connectivity index is 2.81. The molecule has 0 aliphatic carbocycles. The fourth-order valence-electron chi connectivity index (χ4n) is 1.43. The molecular formula is C11H17N3O2. The van der Waals surface area contributed by atoms with Crippen LogP contribution < -0.4 is 10.6 Å². The maximum absolute atomic E-state index is 11.5. The topological polar surface area (TPSA) is 70.6 Å². The van der Waals surface area contributed by atoms with Gasteiger partial charge in [-0.2, -0.15) is 0 Å². The smallest absolute Gasteiger partial charge is 0.319 e. The van der Waals surface area contributed by atoms with Crippen molar-refractivity contribution in [2.45, 2.75) is 26.7 Å². The van der Waals surface area contributed by atoms with Crippen molar-refractivity contribution >= 4 is 17.6 Å². The molecule has 2 N–H and O–H groups in total. The Morgan fingerprint density at radius 2 is 2.25 bits per heavy atom. The lowest BCUT2D eigenvalue weighted by Crippen LogP contribution is -2.38. The van der Waals surface area contributed by atoms with Gasteiger partial charge in [0.15, 0.2) is 5.78 Å². The highest BCUT2D eigenvalue weighted by molar-refractivity contribution is 5.99. The summed E-state index contributed by atoms with van der Waals surface area (Å²) in [6.45, 7) is 3.64. The van der Waals surface area contributed by atoms with E-state index in [4.69, 9.17) is 0 Å². The molecule has 16 heavy (non-hydrogen) atoms. The number of carbonyl (C=O) groups is 2. The monoisotopic (exact) mass is 223 g/mol. The van der Waals surface area contributed by atoms with Crippen molar-refractivity contribution in [1.82, 2.24) is 10.6 Å². The predicted octanol–water partition coefficient (Wildman–Crippen LogP) is 1.22. The van der Waals surface area contributed by atoms with Gasteiger partial charge in [-0.15, -0.1) is 0 Å². The van der Waals surface area contributed by atoms with Gasteiger partial charge in [0.2, 0.25) is 0 Å². The number of hydrogen-bond donors (Lipinski definition) is 2. The van der Waals surface area contributed by atoms with Crippen molar-refractivity contribution in [3.05, 3.63) is 11.8 Å². The zero-order valence-electron chi connectivity index (χ0n) is 9.83. The first-order chi connectivity index (χ1) is 7.52. The number of rotatable bonds is 0. The lowest BCUT2D eigenvalue weighted by molar-refractivity contribution is -0.117. The molecular weight excluding hydrogens is 206 g/mol. The highest BCUT2D eigenvalue weighted by Crippen LogP contribution is 2.13. The fraction of sp³-hybridized carbons (Fsp3) is 0.545. The summed E-state index contributed by atoms with van der Waals surface area (Å²) >= 11 is 0. The third-order valence-corrected chi connectivity index (χ3v) is 2.45. The number of amidine groups is 1. The third-order valence-electron chi connectivity index (χ3n) is 2.45. The summed E-state index contributed by atoms with van der Waals surface area (Å²) in [4.78, 5) is 26.9. The molecule has 1 atom stereocenters. The van der Waals surface area contributed by atoms with Gasteiger partial charge in [0.25, 0.3) is 0 Å². The number of amides is 2. The van der Waals surface area contributed by atoms with E-state index in [1.807, 2.05) is 6.92 Å². The molecule has 5 heteroatoms. The van der Waals surface area contributed by atoms with Crippen LogP contribution >= 0.6 is 0 Å². The highest BCUT2D eigenvalue weighted by Gasteiger charge is 2.15. The molecule has 2 amide bonds. The van der Waals surface area contributed by atoms with Gasteiger partial charge in [-0.3, -0.25) is 10.1 Å². The van der Waals surface area contributed by atoms with E-state index in [1.165, 1.54) is 6.08 Å². The van der Waals surface area contributed by atoms with Crippen LogP contribution in [0.5, 0.6) is 0 Å². The summed E-state index contributed by atoms with van der Waals surface area (Å²) in [5.41, 5.74) is 0.628. The summed E-state index contributed by atoms with van der Waals surface area (Å²) < 4.78 is 0. The average molecular weight is 223 g/mol. The number of nitrogens with zero attached hydrogens (tertiary/aromatic N) is 1. The van der Waals surface area contributed by atoms with Crippen molar-refractivity contribution in [3.8, 4) is 0 Å². The average Bonchev–Trinajstić information content (AvgIpc) is 2.23. The Labute approximate surface area is 95.0 Å². The second-order valence-electron chi connectivity index (χ2n) is 3.89. The quantitative estimate of drug-likeness (QED) is 0.648. The van der Waals surface area contributed by atoms with Crippen LogP contribution in [-0.4, -0.2) is 24.7 Å². The Morgan fingerprint density at radius 3 is 2.88 bits per heavy atom. The van der Waals surface area contributed by atoms with E-state index in [1.54, 1.807) is 14.0 Å². The molecule has 0 aromatic carbocycles. The van der Waals surface area contributed by atoms with Crippen molar-refractivity contribution in [3.63, 3.8) is 0 Å². The van der Waals surface area contributed by atoms with Gasteiger partial charge in [0, 0.05) is 31.2 Å². The molecule has 88 valence electrons. The van der Waals surface area contributed by atoms with Crippen LogP contribution in [0.3, 0.4) is 0 Å². The Bertz CT molecular complexity index is 358. The summed E-state index contributed by atoms with van der Waals surface area (Å²) in [6, 6.07) is -0.286. The minimum absolute atomic E-state index is 0.0214. The maximum Gasteiger partial charge on any atom is 0.319 e. The van der Waals surface area contributed by atoms with Crippen molar-refractivity contribution in [2.75, 3.05) is 7.05 Å². The fourth-order valence-corrected chi connectivity index (χ4v) is 1.43. The normalized spacial score (nSPS) is 24.7. The summed E-state index contributed by atoms with van der Waals surface area (Å²) in [5, 5.41) is 5.12. The molecule has 1 aliphatic rings. The number of ketones is 1. The van der Waals surface area contributed by atoms with Gasteiger partial charge in [-0.25, -0.2) is 9.79 Å². The van der Waals surface area contributed by atoms with E-state index in [9.17, 15) is 9.59 Å². The summed E-state index contributed by atoms with van der Waals surface area (Å²) in [5.74, 6) is 0.680. The zero-order valence-corrected chi connectivity index (χ0v) is 9.83. The number of hydrogen-bond acceptors (Lipinski definition) is 3. The molecule has 0 bridgehead atoms. The molecule has 0 fully saturated rings. The van der Waals surface area contributed by atoms with Crippen molar-refractivity contribution < 1.29 is 9.59 Å². The molecule has 0 aromatic heterocycles. The molecule has 1 aliphatic heterocycles. The minimum Gasteiger partial charge on any atom is -0.341 e. The number of urea groups is 1. The molecule has 1 heterocycles. The molecule has 0 saturated heterocycles. The van der Waals surface area contributed by atoms with E-state index >= 15 is 0 Å². The van der Waals surface area contributed by atoms with Crippen LogP contribution in [-0.2, 0) is 4.79 Å². The van der Waals surface area contributed by atoms with Gasteiger partial charge in [0.1, 0.15) is 5.84 Å². The Hall–Kier alpha value is -1.65. The largest absolute Gasteiger partial charge is 0.341 e. The van der Waals surface area contributed by atoms with Crippen LogP contribution in [0.1, 0.15) is 26.7 Å². The van der Waals surface area contributed by atoms with Gasteiger partial charge in [-0.1, -0.05) is 6.92 Å². The number of nitrogens with one attached hydrogen (secondary N) is 2. The van der Waals surface area contributed by atoms with Crippen LogP contribution in [0, 0.1) is 5.92 Å². The predicted molar refractivity (Wildman–Crippen MR) is 62.2 cm³/mol. The first kappa shape index (κ1) is 12.4. The molecule has 0 saturated carbocycles. The van der Waals surface area contributed by atoms with Crippen LogP contribution in [0.2, 0.25) is 0 Å². The SMILES string of the molecule is CNC(=O)NC1=N/C(C)=C\C(=O)C(C)CC1. The first-order valence-electron chi connectivity index (χ1n) is 5.31. The Morgan fingerprint density at radius 1 is 1.56 bits per heavy atom. The number of carbonyl (C=O) groups excluding carboxylic acids is 2. The summed E-state index contributed by atoms with van der Waals surface area (Å²) in [6.07, 6.45) is 2.83. The van der Waals surface area contributed by atoms with Crippen LogP contribution in [0.15, 0.2) is 16.8 Å². The number of aliphatic imine (C=N–C) groups is 1. The molecule has 0 radical (unpaired) electrons. The van der Waals surface area contributed by atoms with Crippen LogP contribution in [0.25, 0.3) is 0 Å². The molecule has 0 spiro atoms. The van der Waals surface area contributed by atoms with E-state index in [0.717, 1.165) is 0 Å². The molecule has 1 rings (SSSR count). The van der Waals surface area contributed by atoms with Gasteiger partial charge in [-0.05, 0) is 13.3 Å². The second-order valence-corrected chi connectivity index (χ2v) is 3.89. The molecule has 1 unspecified atom stereocenters. The lowest BCUT2D eigenvalue weighted by atomic mass is 9.98. The van der Waals surface area contributed by atoms with E-state index in [-0.39, 0.29) is 17.7 Å². The Kier molecular flexibility index (Phi) is 4.22. The van der Waals surface area contributed by atoms with E-state index in [0.29, 0.717) is 24.4 Å². The van der Waals surface area contributed by atoms with Gasteiger partial charge in [0.05, 0.1) is 0 Å². The van der Waals surface area contributed by atoms with Crippen molar-refractivity contribution in [2.24, 2.45) is 10.9 Å². The van der Waals surface area contributed by atoms with Crippen LogP contribution in [0.4, 0.5) is 4.79 Å². The standard InChI is InChI=1S/C11H17N3O2/c1-7-4-5-10(14-11(16)12-3)13-8(2)6-9(7)15/h6-7H,4-5H2,1-3H3,(H2,12,13,14,16)/b8-6-. The maximum atomic E-state index is 11.5. The summed E-state index contributed by atoms with van der Waals surface area (Å²) in [7, 11) is 1.55. The second kappa shape index (κ2) is 5.44.